The van der Waals surface area contributed by atoms with E-state index in [-0.39, 0.29) is 29.8 Å². The number of nitrogens with one attached hydrogen (secondary N) is 1. The van der Waals surface area contributed by atoms with Gasteiger partial charge in [0, 0.05) is 6.04 Å². The van der Waals surface area contributed by atoms with Crippen LogP contribution in [0.1, 0.15) is 6.42 Å². The molecule has 70 valence electrons. The number of carbonyl (C=O) groups is 2. The molecule has 0 aromatic heterocycles. The molecular formula is C9H11NO3. The molecular weight excluding hydrogens is 170 g/mol. The largest absolute Gasteiger partial charge is 0.469 e. The van der Waals surface area contributed by atoms with Gasteiger partial charge < -0.3 is 10.1 Å². The molecule has 0 aliphatic carbocycles. The summed E-state index contributed by atoms with van der Waals surface area (Å²) in [5, 5.41) is 3.07. The molecule has 2 bridgehead atoms. The van der Waals surface area contributed by atoms with Crippen LogP contribution in [0.4, 0.5) is 0 Å². The zero-order chi connectivity index (χ0) is 9.42. The first-order valence-corrected chi connectivity index (χ1v) is 4.28. The molecule has 2 heterocycles. The average molecular weight is 181 g/mol. The number of methoxy groups -OCH3 is 1. The monoisotopic (exact) mass is 181 g/mol. The fourth-order valence-corrected chi connectivity index (χ4v) is 1.94. The summed E-state index contributed by atoms with van der Waals surface area (Å²) < 4.78 is 4.63. The average Bonchev–Trinajstić information content (AvgIpc) is 2.51. The van der Waals surface area contributed by atoms with E-state index in [1.54, 1.807) is 6.08 Å². The van der Waals surface area contributed by atoms with E-state index in [1.807, 2.05) is 6.08 Å². The van der Waals surface area contributed by atoms with E-state index in [2.05, 4.69) is 10.1 Å². The molecule has 13 heavy (non-hydrogen) atoms. The molecule has 4 nitrogen and oxygen atoms in total. The molecule has 2 aliphatic heterocycles. The Balaban J connectivity index is 2.19. The number of esters is 1. The van der Waals surface area contributed by atoms with Crippen molar-refractivity contribution in [2.24, 2.45) is 5.92 Å². The summed E-state index contributed by atoms with van der Waals surface area (Å²) in [6.45, 7) is 0. The number of fused-ring (bicyclic) bond motifs is 2. The molecule has 4 heteroatoms. The van der Waals surface area contributed by atoms with Crippen molar-refractivity contribution in [2.75, 3.05) is 7.11 Å². The molecule has 0 aromatic rings. The second-order valence-corrected chi connectivity index (χ2v) is 3.38. The van der Waals surface area contributed by atoms with Gasteiger partial charge in [-0.2, -0.15) is 0 Å². The van der Waals surface area contributed by atoms with Crippen LogP contribution in [0.25, 0.3) is 0 Å². The Morgan fingerprint density at radius 3 is 3.15 bits per heavy atom. The van der Waals surface area contributed by atoms with Gasteiger partial charge in [-0.3, -0.25) is 9.59 Å². The summed E-state index contributed by atoms with van der Waals surface area (Å²) in [5.41, 5.74) is 0. The molecule has 0 amide bonds. The van der Waals surface area contributed by atoms with Gasteiger partial charge in [-0.25, -0.2) is 0 Å². The zero-order valence-electron chi connectivity index (χ0n) is 7.32. The van der Waals surface area contributed by atoms with Gasteiger partial charge >= 0.3 is 5.97 Å². The minimum atomic E-state index is -0.359. The minimum absolute atomic E-state index is 0.0239. The first kappa shape index (κ1) is 8.44. The molecule has 2 aliphatic rings. The fourth-order valence-electron chi connectivity index (χ4n) is 1.94. The van der Waals surface area contributed by atoms with Crippen LogP contribution >= 0.6 is 0 Å². The van der Waals surface area contributed by atoms with E-state index in [0.717, 1.165) is 0 Å². The lowest BCUT2D eigenvalue weighted by atomic mass is 9.98. The van der Waals surface area contributed by atoms with E-state index in [4.69, 9.17) is 0 Å². The summed E-state index contributed by atoms with van der Waals surface area (Å²) in [7, 11) is 1.35. The standard InChI is InChI=1S/C9H11NO3/c1-13-9(12)6-4-5-2-3-7(11)8(6)10-5/h2-3,5-6,8,10H,4H2,1H3/t5-,6-,8-/m0/s1. The van der Waals surface area contributed by atoms with Gasteiger partial charge in [-0.15, -0.1) is 0 Å². The van der Waals surface area contributed by atoms with Gasteiger partial charge in [0.15, 0.2) is 5.78 Å². The van der Waals surface area contributed by atoms with E-state index in [9.17, 15) is 9.59 Å². The molecule has 0 saturated carbocycles. The number of rotatable bonds is 1. The van der Waals surface area contributed by atoms with Crippen LogP contribution in [0.3, 0.4) is 0 Å². The summed E-state index contributed by atoms with van der Waals surface area (Å²) in [5.74, 6) is -0.626. The molecule has 1 saturated heterocycles. The van der Waals surface area contributed by atoms with Gasteiger partial charge in [-0.1, -0.05) is 6.08 Å². The highest BCUT2D eigenvalue weighted by Gasteiger charge is 2.43. The van der Waals surface area contributed by atoms with Gasteiger partial charge in [-0.05, 0) is 12.5 Å². The van der Waals surface area contributed by atoms with Crippen molar-refractivity contribution in [1.82, 2.24) is 5.32 Å². The van der Waals surface area contributed by atoms with Crippen molar-refractivity contribution in [2.45, 2.75) is 18.5 Å². The van der Waals surface area contributed by atoms with Gasteiger partial charge in [0.1, 0.15) is 0 Å². The Kier molecular flexibility index (Phi) is 1.92. The zero-order valence-corrected chi connectivity index (χ0v) is 7.32. The highest BCUT2D eigenvalue weighted by molar-refractivity contribution is 5.99. The second-order valence-electron chi connectivity index (χ2n) is 3.38. The van der Waals surface area contributed by atoms with Crippen LogP contribution in [0, 0.1) is 5.92 Å². The highest BCUT2D eigenvalue weighted by atomic mass is 16.5. The Hall–Kier alpha value is -1.16. The predicted octanol–water partition coefficient (Wildman–Crippen LogP) is -0.355. The number of ether oxygens (including phenoxy) is 1. The first-order valence-electron chi connectivity index (χ1n) is 4.28. The van der Waals surface area contributed by atoms with E-state index in [0.29, 0.717) is 6.42 Å². The van der Waals surface area contributed by atoms with Crippen molar-refractivity contribution < 1.29 is 14.3 Å². The molecule has 3 atom stereocenters. The summed E-state index contributed by atoms with van der Waals surface area (Å²) in [6, 6.07) is -0.200. The van der Waals surface area contributed by atoms with Crippen molar-refractivity contribution >= 4 is 11.8 Å². The number of hydrogen-bond donors (Lipinski definition) is 1. The van der Waals surface area contributed by atoms with Gasteiger partial charge in [0.2, 0.25) is 0 Å². The SMILES string of the molecule is COC(=O)[C@H]1C[C@@H]2C=CC(=O)[C@H]1N2. The lowest BCUT2D eigenvalue weighted by Crippen LogP contribution is -2.42. The van der Waals surface area contributed by atoms with Crippen molar-refractivity contribution in [3.05, 3.63) is 12.2 Å². The third-order valence-electron chi connectivity index (χ3n) is 2.61. The Morgan fingerprint density at radius 1 is 1.69 bits per heavy atom. The van der Waals surface area contributed by atoms with Crippen LogP contribution in [0.2, 0.25) is 0 Å². The molecule has 0 radical (unpaired) electrons. The first-order chi connectivity index (χ1) is 6.22. The maximum absolute atomic E-state index is 11.3. The Labute approximate surface area is 75.9 Å². The van der Waals surface area contributed by atoms with Crippen molar-refractivity contribution in [3.8, 4) is 0 Å². The summed E-state index contributed by atoms with van der Waals surface area (Å²) in [6.07, 6.45) is 4.02. The van der Waals surface area contributed by atoms with Crippen LogP contribution in [-0.2, 0) is 14.3 Å². The molecule has 0 unspecified atom stereocenters. The van der Waals surface area contributed by atoms with Crippen molar-refractivity contribution in [1.29, 1.82) is 0 Å². The molecule has 1 N–H and O–H groups in total. The van der Waals surface area contributed by atoms with E-state index >= 15 is 0 Å². The maximum atomic E-state index is 11.3. The third-order valence-corrected chi connectivity index (χ3v) is 2.61. The van der Waals surface area contributed by atoms with Gasteiger partial charge in [0.05, 0.1) is 19.1 Å². The third kappa shape index (κ3) is 1.27. The number of carbonyl (C=O) groups excluding carboxylic acids is 2. The smallest absolute Gasteiger partial charge is 0.310 e. The van der Waals surface area contributed by atoms with E-state index < -0.39 is 0 Å². The quantitative estimate of drug-likeness (QED) is 0.561. The minimum Gasteiger partial charge on any atom is -0.469 e. The maximum Gasteiger partial charge on any atom is 0.310 e. The van der Waals surface area contributed by atoms with Crippen LogP contribution in [0.15, 0.2) is 12.2 Å². The summed E-state index contributed by atoms with van der Waals surface area (Å²) >= 11 is 0. The number of ketones is 1. The summed E-state index contributed by atoms with van der Waals surface area (Å²) in [4.78, 5) is 22.6. The van der Waals surface area contributed by atoms with Crippen LogP contribution < -0.4 is 5.32 Å². The van der Waals surface area contributed by atoms with Crippen LogP contribution in [-0.4, -0.2) is 30.9 Å². The second kappa shape index (κ2) is 2.96. The molecule has 1 fully saturated rings. The predicted molar refractivity (Wildman–Crippen MR) is 45.0 cm³/mol. The lowest BCUT2D eigenvalue weighted by molar-refractivity contribution is -0.147. The van der Waals surface area contributed by atoms with E-state index in [1.165, 1.54) is 7.11 Å². The Bertz CT molecular complexity index is 285. The molecule has 2 rings (SSSR count). The fraction of sp³-hybridized carbons (Fsp3) is 0.556. The topological polar surface area (TPSA) is 55.4 Å². The highest BCUT2D eigenvalue weighted by Crippen LogP contribution is 2.26. The van der Waals surface area contributed by atoms with Gasteiger partial charge in [0.25, 0.3) is 0 Å². The number of hydrogen-bond acceptors (Lipinski definition) is 4. The molecule has 0 aromatic carbocycles. The van der Waals surface area contributed by atoms with Crippen LogP contribution in [0.5, 0.6) is 0 Å². The van der Waals surface area contributed by atoms with Crippen molar-refractivity contribution in [3.63, 3.8) is 0 Å². The lowest BCUT2D eigenvalue weighted by Gasteiger charge is -2.16. The Morgan fingerprint density at radius 2 is 2.46 bits per heavy atom. The normalized spacial score (nSPS) is 36.4. The molecule has 0 spiro atoms.